The number of carbonyl (C=O) groups is 1. The van der Waals surface area contributed by atoms with Gasteiger partial charge in [0, 0.05) is 22.7 Å². The normalized spacial score (nSPS) is 13.9. The zero-order valence-corrected chi connectivity index (χ0v) is 16.1. The number of amides is 1. The van der Waals surface area contributed by atoms with Crippen molar-refractivity contribution >= 4 is 28.8 Å². The summed E-state index contributed by atoms with van der Waals surface area (Å²) in [5, 5.41) is 16.3. The van der Waals surface area contributed by atoms with Gasteiger partial charge in [0.25, 0.3) is 5.56 Å². The maximum absolute atomic E-state index is 14.0. The van der Waals surface area contributed by atoms with Crippen molar-refractivity contribution in [3.05, 3.63) is 51.5 Å². The summed E-state index contributed by atoms with van der Waals surface area (Å²) in [5.74, 6) is -0.715. The molecule has 4 rings (SSSR count). The van der Waals surface area contributed by atoms with Crippen LogP contribution in [0, 0.1) is 5.82 Å². The molecule has 1 saturated carbocycles. The Morgan fingerprint density at radius 3 is 2.79 bits per heavy atom. The van der Waals surface area contributed by atoms with Gasteiger partial charge in [-0.2, -0.15) is 5.10 Å². The third-order valence-electron chi connectivity index (χ3n) is 4.43. The largest absolute Gasteiger partial charge is 0.352 e. The average molecular weight is 420 g/mol. The van der Waals surface area contributed by atoms with Crippen molar-refractivity contribution in [1.82, 2.24) is 25.3 Å². The van der Waals surface area contributed by atoms with E-state index in [4.69, 9.17) is 11.6 Å². The summed E-state index contributed by atoms with van der Waals surface area (Å²) in [6, 6.07) is 7.19. The molecule has 3 aromatic rings. The molecule has 0 atom stereocenters. The van der Waals surface area contributed by atoms with E-state index >= 15 is 0 Å². The van der Waals surface area contributed by atoms with E-state index in [1.165, 1.54) is 30.3 Å². The number of rotatable bonds is 5. The van der Waals surface area contributed by atoms with E-state index in [1.54, 1.807) is 0 Å². The number of halogens is 2. The molecular formula is C18H15ClFN5O2S. The molecule has 0 radical (unpaired) electrons. The summed E-state index contributed by atoms with van der Waals surface area (Å²) in [5.41, 5.74) is 0.227. The van der Waals surface area contributed by atoms with Crippen LogP contribution in [0.5, 0.6) is 0 Å². The average Bonchev–Trinajstić information content (AvgIpc) is 3.12. The Morgan fingerprint density at radius 1 is 1.25 bits per heavy atom. The highest BCUT2D eigenvalue weighted by molar-refractivity contribution is 7.17. The molecule has 1 fully saturated rings. The van der Waals surface area contributed by atoms with Gasteiger partial charge in [0.15, 0.2) is 10.0 Å². The third-order valence-corrected chi connectivity index (χ3v) is 5.65. The third kappa shape index (κ3) is 3.95. The Labute approximate surface area is 168 Å². The second-order valence-corrected chi connectivity index (χ2v) is 7.86. The molecule has 1 aliphatic carbocycles. The minimum Gasteiger partial charge on any atom is -0.352 e. The molecule has 0 spiro atoms. The van der Waals surface area contributed by atoms with Gasteiger partial charge >= 0.3 is 0 Å². The number of hydrogen-bond acceptors (Lipinski definition) is 6. The van der Waals surface area contributed by atoms with E-state index in [0.717, 1.165) is 35.3 Å². The number of aromatic nitrogens is 4. The molecular weight excluding hydrogens is 405 g/mol. The Morgan fingerprint density at radius 2 is 2.04 bits per heavy atom. The van der Waals surface area contributed by atoms with Crippen molar-refractivity contribution < 1.29 is 9.18 Å². The van der Waals surface area contributed by atoms with Crippen LogP contribution < -0.4 is 10.9 Å². The summed E-state index contributed by atoms with van der Waals surface area (Å²) in [7, 11) is 0. The maximum Gasteiger partial charge on any atom is 0.267 e. The first kappa shape index (κ1) is 18.7. The molecule has 2 aromatic heterocycles. The van der Waals surface area contributed by atoms with Crippen LogP contribution in [0.25, 0.3) is 21.3 Å². The van der Waals surface area contributed by atoms with Crippen molar-refractivity contribution in [3.63, 3.8) is 0 Å². The molecule has 1 N–H and O–H groups in total. The van der Waals surface area contributed by atoms with E-state index in [1.807, 2.05) is 0 Å². The van der Waals surface area contributed by atoms with Crippen LogP contribution in [0.15, 0.2) is 35.1 Å². The van der Waals surface area contributed by atoms with Crippen molar-refractivity contribution in [2.24, 2.45) is 0 Å². The molecule has 0 unspecified atom stereocenters. The first-order valence-electron chi connectivity index (χ1n) is 8.66. The fourth-order valence-corrected chi connectivity index (χ4v) is 3.73. The van der Waals surface area contributed by atoms with Crippen LogP contribution in [0.1, 0.15) is 19.3 Å². The van der Waals surface area contributed by atoms with Gasteiger partial charge in [-0.3, -0.25) is 9.59 Å². The number of hydrogen-bond donors (Lipinski definition) is 1. The van der Waals surface area contributed by atoms with E-state index in [9.17, 15) is 14.0 Å². The van der Waals surface area contributed by atoms with Crippen molar-refractivity contribution in [1.29, 1.82) is 0 Å². The van der Waals surface area contributed by atoms with Crippen molar-refractivity contribution in [2.75, 3.05) is 0 Å². The Hall–Kier alpha value is -2.65. The number of nitrogens with zero attached hydrogens (tertiary/aromatic N) is 4. The topological polar surface area (TPSA) is 89.8 Å². The molecule has 7 nitrogen and oxygen atoms in total. The minimum absolute atomic E-state index is 0.169. The fourth-order valence-electron chi connectivity index (χ4n) is 2.74. The summed E-state index contributed by atoms with van der Waals surface area (Å²) >= 11 is 7.05. The van der Waals surface area contributed by atoms with E-state index in [0.29, 0.717) is 20.7 Å². The molecule has 0 saturated heterocycles. The Bertz CT molecular complexity index is 1100. The minimum atomic E-state index is -0.460. The molecule has 2 heterocycles. The summed E-state index contributed by atoms with van der Waals surface area (Å²) in [6.07, 6.45) is 3.02. The van der Waals surface area contributed by atoms with Gasteiger partial charge in [0.2, 0.25) is 5.91 Å². The molecule has 144 valence electrons. The predicted molar refractivity (Wildman–Crippen MR) is 104 cm³/mol. The number of carbonyl (C=O) groups excluding carboxylic acids is 1. The van der Waals surface area contributed by atoms with E-state index < -0.39 is 11.4 Å². The highest BCUT2D eigenvalue weighted by atomic mass is 35.5. The van der Waals surface area contributed by atoms with Crippen LogP contribution in [0.3, 0.4) is 0 Å². The quantitative estimate of drug-likeness (QED) is 0.686. The van der Waals surface area contributed by atoms with Crippen LogP contribution >= 0.6 is 22.9 Å². The second kappa shape index (κ2) is 7.76. The predicted octanol–water partition coefficient (Wildman–Crippen LogP) is 2.89. The van der Waals surface area contributed by atoms with Gasteiger partial charge in [-0.1, -0.05) is 22.9 Å². The van der Waals surface area contributed by atoms with Gasteiger partial charge in [0.1, 0.15) is 18.1 Å². The summed E-state index contributed by atoms with van der Waals surface area (Å²) in [4.78, 5) is 24.1. The van der Waals surface area contributed by atoms with Crippen LogP contribution in [-0.4, -0.2) is 31.9 Å². The maximum atomic E-state index is 14.0. The highest BCUT2D eigenvalue weighted by Gasteiger charge is 2.20. The lowest BCUT2D eigenvalue weighted by Crippen LogP contribution is -2.42. The van der Waals surface area contributed by atoms with Gasteiger partial charge in [0.05, 0.1) is 0 Å². The van der Waals surface area contributed by atoms with Gasteiger partial charge in [-0.05, 0) is 43.5 Å². The monoisotopic (exact) mass is 419 g/mol. The van der Waals surface area contributed by atoms with Gasteiger partial charge < -0.3 is 5.32 Å². The Kier molecular flexibility index (Phi) is 5.19. The summed E-state index contributed by atoms with van der Waals surface area (Å²) in [6.45, 7) is -0.169. The second-order valence-electron chi connectivity index (χ2n) is 6.45. The zero-order valence-electron chi connectivity index (χ0n) is 14.6. The fraction of sp³-hybridized carbons (Fsp3) is 0.278. The van der Waals surface area contributed by atoms with Crippen molar-refractivity contribution in [2.45, 2.75) is 31.8 Å². The molecule has 1 amide bonds. The lowest BCUT2D eigenvalue weighted by molar-refractivity contribution is -0.123. The molecule has 1 aromatic carbocycles. The first-order valence-corrected chi connectivity index (χ1v) is 9.86. The highest BCUT2D eigenvalue weighted by Crippen LogP contribution is 2.31. The number of nitrogens with one attached hydrogen (secondary N) is 1. The van der Waals surface area contributed by atoms with E-state index in [-0.39, 0.29) is 24.1 Å². The van der Waals surface area contributed by atoms with Crippen LogP contribution in [0.4, 0.5) is 4.39 Å². The lowest BCUT2D eigenvalue weighted by atomic mass is 9.93. The standard InChI is InChI=1S/C18H15ClFN5O2S/c19-10-4-5-13(20)12(8-10)17-22-23-18(28-17)14-6-7-16(27)25(24-14)9-15(26)21-11-2-1-3-11/h4-8,11H,1-3,9H2,(H,21,26). The smallest absolute Gasteiger partial charge is 0.267 e. The van der Waals surface area contributed by atoms with Gasteiger partial charge in [-0.15, -0.1) is 10.2 Å². The Balaban J connectivity index is 1.58. The molecule has 0 aliphatic heterocycles. The van der Waals surface area contributed by atoms with Crippen LogP contribution in [0.2, 0.25) is 5.02 Å². The van der Waals surface area contributed by atoms with Crippen molar-refractivity contribution in [3.8, 4) is 21.3 Å². The van der Waals surface area contributed by atoms with Crippen LogP contribution in [-0.2, 0) is 11.3 Å². The zero-order chi connectivity index (χ0) is 19.7. The number of benzene rings is 1. The lowest BCUT2D eigenvalue weighted by Gasteiger charge is -2.26. The molecule has 28 heavy (non-hydrogen) atoms. The van der Waals surface area contributed by atoms with Gasteiger partial charge in [-0.25, -0.2) is 9.07 Å². The molecule has 10 heteroatoms. The van der Waals surface area contributed by atoms with E-state index in [2.05, 4.69) is 20.6 Å². The SMILES string of the molecule is O=C(Cn1nc(-c2nnc(-c3cc(Cl)ccc3F)s2)ccc1=O)NC1CCC1. The molecule has 1 aliphatic rings. The molecule has 0 bridgehead atoms. The first-order chi connectivity index (χ1) is 13.5. The summed E-state index contributed by atoms with van der Waals surface area (Å²) < 4.78 is 15.1.